The summed E-state index contributed by atoms with van der Waals surface area (Å²) in [5.74, 6) is 0.899. The van der Waals surface area contributed by atoms with E-state index in [0.717, 1.165) is 38.9 Å². The summed E-state index contributed by atoms with van der Waals surface area (Å²) >= 11 is 0. The van der Waals surface area contributed by atoms with Crippen molar-refractivity contribution >= 4 is 0 Å². The number of benzene rings is 4. The molecule has 0 saturated carbocycles. The van der Waals surface area contributed by atoms with E-state index in [2.05, 4.69) is 57.2 Å². The molecular formula is C41H52O7. The molecule has 1 atom stereocenters. The second-order valence-corrected chi connectivity index (χ2v) is 13.0. The molecule has 0 fully saturated rings. The van der Waals surface area contributed by atoms with E-state index in [1.165, 1.54) is 0 Å². The van der Waals surface area contributed by atoms with Crippen molar-refractivity contribution < 1.29 is 34.3 Å². The molecule has 0 aliphatic carbocycles. The highest BCUT2D eigenvalue weighted by atomic mass is 16.5. The lowest BCUT2D eigenvalue weighted by Gasteiger charge is -2.35. The Hall–Kier alpha value is -4.04. The highest BCUT2D eigenvalue weighted by Gasteiger charge is 2.35. The molecule has 1 unspecified atom stereocenters. The van der Waals surface area contributed by atoms with Crippen LogP contribution in [0, 0.1) is 13.8 Å². The van der Waals surface area contributed by atoms with Crippen molar-refractivity contribution in [2.75, 3.05) is 26.9 Å². The predicted molar refractivity (Wildman–Crippen MR) is 190 cm³/mol. The summed E-state index contributed by atoms with van der Waals surface area (Å²) in [6.45, 7) is 18.4. The van der Waals surface area contributed by atoms with Crippen molar-refractivity contribution in [3.05, 3.63) is 116 Å². The molecule has 0 spiro atoms. The highest BCUT2D eigenvalue weighted by Crippen LogP contribution is 2.46. The summed E-state index contributed by atoms with van der Waals surface area (Å²) in [6.07, 6.45) is 0. The summed E-state index contributed by atoms with van der Waals surface area (Å²) in [5, 5.41) is 32.8. The number of hydrogen-bond donors (Lipinski definition) is 3. The predicted octanol–water partition coefficient (Wildman–Crippen LogP) is 8.72. The number of rotatable bonds is 15. The van der Waals surface area contributed by atoms with Crippen molar-refractivity contribution in [1.29, 1.82) is 0 Å². The lowest BCUT2D eigenvalue weighted by Crippen LogP contribution is -2.27. The van der Waals surface area contributed by atoms with Crippen LogP contribution in [0.3, 0.4) is 0 Å². The zero-order valence-corrected chi connectivity index (χ0v) is 30.0. The van der Waals surface area contributed by atoms with E-state index < -0.39 is 5.41 Å². The van der Waals surface area contributed by atoms with Gasteiger partial charge < -0.3 is 34.3 Å². The normalized spacial score (nSPS) is 13.0. The molecule has 0 amide bonds. The van der Waals surface area contributed by atoms with Crippen LogP contribution in [-0.4, -0.2) is 42.3 Å². The van der Waals surface area contributed by atoms with Crippen molar-refractivity contribution in [3.8, 4) is 23.0 Å². The third kappa shape index (κ3) is 7.34. The van der Waals surface area contributed by atoms with Gasteiger partial charge in [0.1, 0.15) is 11.5 Å². The summed E-state index contributed by atoms with van der Waals surface area (Å²) in [4.78, 5) is 0. The summed E-state index contributed by atoms with van der Waals surface area (Å²) in [6, 6.07) is 20.6. The lowest BCUT2D eigenvalue weighted by atomic mass is 9.69. The average Bonchev–Trinajstić information content (AvgIpc) is 3.08. The van der Waals surface area contributed by atoms with E-state index in [1.54, 1.807) is 7.11 Å². The van der Waals surface area contributed by atoms with Crippen LogP contribution >= 0.6 is 0 Å². The largest absolute Gasteiger partial charge is 0.507 e. The van der Waals surface area contributed by atoms with E-state index >= 15 is 0 Å². The van der Waals surface area contributed by atoms with Crippen LogP contribution in [0.4, 0.5) is 0 Å². The quantitative estimate of drug-likeness (QED) is 0.110. The van der Waals surface area contributed by atoms with Crippen LogP contribution in [-0.2, 0) is 44.9 Å². The molecule has 0 aromatic heterocycles. The number of methoxy groups -OCH3 is 1. The molecule has 48 heavy (non-hydrogen) atoms. The number of phenolic OH excluding ortho intramolecular Hbond substituents is 3. The first kappa shape index (κ1) is 36.8. The monoisotopic (exact) mass is 656 g/mol. The maximum Gasteiger partial charge on any atom is 0.163 e. The second-order valence-electron chi connectivity index (χ2n) is 13.0. The molecule has 7 nitrogen and oxygen atoms in total. The van der Waals surface area contributed by atoms with Crippen LogP contribution in [0.15, 0.2) is 60.7 Å². The van der Waals surface area contributed by atoms with E-state index in [4.69, 9.17) is 18.9 Å². The zero-order chi connectivity index (χ0) is 35.2. The Morgan fingerprint density at radius 3 is 1.38 bits per heavy atom. The maximum absolute atomic E-state index is 11.3. The molecular weight excluding hydrogens is 604 g/mol. The Morgan fingerprint density at radius 2 is 0.938 bits per heavy atom. The summed E-state index contributed by atoms with van der Waals surface area (Å²) in [7, 11) is 1.55. The van der Waals surface area contributed by atoms with Gasteiger partial charge in [0.25, 0.3) is 0 Å². The van der Waals surface area contributed by atoms with Gasteiger partial charge in [-0.2, -0.15) is 0 Å². The van der Waals surface area contributed by atoms with Gasteiger partial charge in [-0.15, -0.1) is 0 Å². The van der Waals surface area contributed by atoms with Crippen molar-refractivity contribution in [1.82, 2.24) is 0 Å². The molecule has 3 N–H and O–H groups in total. The van der Waals surface area contributed by atoms with Gasteiger partial charge in [-0.05, 0) is 105 Å². The molecule has 4 rings (SSSR count). The molecule has 0 bridgehead atoms. The standard InChI is InChI=1S/C41H52O7/c1-10-46-23-28-19-34(20-29(38(28)43)24-47-11-2)41(8,35-21-30(25-48-12-3)39(44)36(22-35)45-9)32-15-13-31(14-16-32)40(6,7)33-17-26(4)37(42)27(5)18-33/h13-22,42-44H,10-12,23-25H2,1-9H3. The van der Waals surface area contributed by atoms with Gasteiger partial charge >= 0.3 is 0 Å². The molecule has 4 aromatic carbocycles. The first-order valence-electron chi connectivity index (χ1n) is 16.7. The van der Waals surface area contributed by atoms with Gasteiger partial charge in [0.15, 0.2) is 11.5 Å². The molecule has 7 heteroatoms. The third-order valence-corrected chi connectivity index (χ3v) is 9.58. The number of ether oxygens (including phenoxy) is 4. The lowest BCUT2D eigenvalue weighted by molar-refractivity contribution is 0.126. The van der Waals surface area contributed by atoms with Crippen molar-refractivity contribution in [2.24, 2.45) is 0 Å². The Kier molecular flexibility index (Phi) is 11.8. The van der Waals surface area contributed by atoms with Crippen LogP contribution in [0.5, 0.6) is 23.0 Å². The van der Waals surface area contributed by atoms with Crippen LogP contribution < -0.4 is 4.74 Å². The minimum Gasteiger partial charge on any atom is -0.507 e. The van der Waals surface area contributed by atoms with Crippen LogP contribution in [0.1, 0.15) is 97.2 Å². The SMILES string of the molecule is CCOCc1cc(C(C)(c2ccc(C(C)(C)c3cc(C)c(O)c(C)c3)cc2)c2cc(COCC)c(O)c(OC)c2)cc(COCC)c1O. The second kappa shape index (κ2) is 15.5. The molecule has 4 aromatic rings. The number of hydrogen-bond acceptors (Lipinski definition) is 7. The Balaban J connectivity index is 1.98. The molecule has 258 valence electrons. The van der Waals surface area contributed by atoms with Gasteiger partial charge in [0.05, 0.1) is 26.9 Å². The van der Waals surface area contributed by atoms with Crippen molar-refractivity contribution in [2.45, 2.75) is 86.0 Å². The van der Waals surface area contributed by atoms with Crippen LogP contribution in [0.25, 0.3) is 0 Å². The minimum absolute atomic E-state index is 0.0495. The molecule has 0 heterocycles. The zero-order valence-electron chi connectivity index (χ0n) is 30.0. The molecule has 0 saturated heterocycles. The first-order valence-corrected chi connectivity index (χ1v) is 16.7. The summed E-state index contributed by atoms with van der Waals surface area (Å²) < 4.78 is 23.0. The van der Waals surface area contributed by atoms with Gasteiger partial charge in [0, 0.05) is 47.3 Å². The van der Waals surface area contributed by atoms with Crippen LogP contribution in [0.2, 0.25) is 0 Å². The van der Waals surface area contributed by atoms with Gasteiger partial charge in [-0.1, -0.05) is 50.2 Å². The molecule has 0 aliphatic heterocycles. The van der Waals surface area contributed by atoms with E-state index in [-0.39, 0.29) is 36.7 Å². The maximum atomic E-state index is 11.3. The van der Waals surface area contributed by atoms with E-state index in [0.29, 0.717) is 48.0 Å². The Bertz CT molecular complexity index is 1660. The number of aryl methyl sites for hydroxylation is 2. The van der Waals surface area contributed by atoms with Gasteiger partial charge in [-0.25, -0.2) is 0 Å². The van der Waals surface area contributed by atoms with E-state index in [1.807, 2.05) is 58.9 Å². The van der Waals surface area contributed by atoms with Gasteiger partial charge in [-0.3, -0.25) is 0 Å². The minimum atomic E-state index is -0.772. The van der Waals surface area contributed by atoms with E-state index in [9.17, 15) is 15.3 Å². The first-order chi connectivity index (χ1) is 22.8. The Labute approximate surface area is 286 Å². The number of phenols is 3. The fourth-order valence-electron chi connectivity index (χ4n) is 6.33. The average molecular weight is 657 g/mol. The fourth-order valence-corrected chi connectivity index (χ4v) is 6.33. The molecule has 0 radical (unpaired) electrons. The van der Waals surface area contributed by atoms with Gasteiger partial charge in [0.2, 0.25) is 0 Å². The smallest absolute Gasteiger partial charge is 0.163 e. The summed E-state index contributed by atoms with van der Waals surface area (Å²) in [5.41, 5.74) is 7.63. The fraction of sp³-hybridized carbons (Fsp3) is 0.415. The number of aromatic hydroxyl groups is 3. The highest BCUT2D eigenvalue weighted by molar-refractivity contribution is 5.59. The third-order valence-electron chi connectivity index (χ3n) is 9.58. The Morgan fingerprint density at radius 1 is 0.521 bits per heavy atom. The topological polar surface area (TPSA) is 97.6 Å². The van der Waals surface area contributed by atoms with Crippen molar-refractivity contribution in [3.63, 3.8) is 0 Å². The molecule has 0 aliphatic rings.